The highest BCUT2D eigenvalue weighted by Gasteiger charge is 2.27. The van der Waals surface area contributed by atoms with E-state index in [1.54, 1.807) is 0 Å². The van der Waals surface area contributed by atoms with Crippen LogP contribution in [0.4, 0.5) is 11.6 Å². The number of rotatable bonds is 8. The molecule has 1 atom stereocenters. The Morgan fingerprint density at radius 1 is 1.09 bits per heavy atom. The minimum atomic E-state index is -0.488. The van der Waals surface area contributed by atoms with Crippen LogP contribution in [0, 0.1) is 0 Å². The second-order valence-electron chi connectivity index (χ2n) is 7.78. The molecule has 0 saturated carbocycles. The molecule has 166 valence electrons. The van der Waals surface area contributed by atoms with Gasteiger partial charge in [0.1, 0.15) is 5.75 Å². The number of carbonyl (C=O) groups is 1. The van der Waals surface area contributed by atoms with Crippen LogP contribution in [-0.2, 0) is 13.0 Å². The van der Waals surface area contributed by atoms with E-state index in [1.807, 2.05) is 61.2 Å². The predicted octanol–water partition coefficient (Wildman–Crippen LogP) is 2.94. The van der Waals surface area contributed by atoms with Gasteiger partial charge in [-0.2, -0.15) is 0 Å². The molecule has 1 aliphatic heterocycles. The van der Waals surface area contributed by atoms with Gasteiger partial charge in [-0.05, 0) is 56.5 Å². The van der Waals surface area contributed by atoms with Gasteiger partial charge >= 0.3 is 0 Å². The Hall–Kier alpha value is -3.68. The van der Waals surface area contributed by atoms with Gasteiger partial charge in [0.15, 0.2) is 0 Å². The second kappa shape index (κ2) is 9.64. The molecule has 32 heavy (non-hydrogen) atoms. The third-order valence-electron chi connectivity index (χ3n) is 5.48. The van der Waals surface area contributed by atoms with Gasteiger partial charge in [-0.3, -0.25) is 14.2 Å². The lowest BCUT2D eigenvalue weighted by Gasteiger charge is -2.17. The molecule has 0 fully saturated rings. The minimum absolute atomic E-state index is 0.0949. The molecule has 0 unspecified atom stereocenters. The minimum Gasteiger partial charge on any atom is -0.494 e. The maximum absolute atomic E-state index is 12.9. The first-order valence-corrected chi connectivity index (χ1v) is 10.9. The Morgan fingerprint density at radius 3 is 2.56 bits per heavy atom. The summed E-state index contributed by atoms with van der Waals surface area (Å²) in [5.74, 6) is 0.734. The summed E-state index contributed by atoms with van der Waals surface area (Å²) < 4.78 is 6.99. The van der Waals surface area contributed by atoms with E-state index in [2.05, 4.69) is 27.6 Å². The van der Waals surface area contributed by atoms with Gasteiger partial charge in [-0.1, -0.05) is 30.3 Å². The summed E-state index contributed by atoms with van der Waals surface area (Å²) in [7, 11) is 0. The quantitative estimate of drug-likeness (QED) is 0.588. The molecule has 2 heterocycles. The Kier molecular flexibility index (Phi) is 6.49. The summed E-state index contributed by atoms with van der Waals surface area (Å²) in [6.07, 6.45) is 1.61. The molecule has 1 aromatic heterocycles. The molecule has 1 aliphatic rings. The average molecular weight is 434 g/mol. The normalized spacial score (nSPS) is 13.5. The number of ether oxygens (including phenoxy) is 1. The van der Waals surface area contributed by atoms with Crippen LogP contribution in [0.2, 0.25) is 0 Å². The molecule has 8 nitrogen and oxygen atoms in total. The van der Waals surface area contributed by atoms with Crippen LogP contribution in [0.15, 0.2) is 59.4 Å². The van der Waals surface area contributed by atoms with E-state index in [9.17, 15) is 9.59 Å². The number of hydrogen-bond acceptors (Lipinski definition) is 6. The van der Waals surface area contributed by atoms with E-state index in [0.717, 1.165) is 24.3 Å². The molecule has 8 heteroatoms. The number of benzene rings is 2. The van der Waals surface area contributed by atoms with Crippen LogP contribution < -0.4 is 20.5 Å². The lowest BCUT2D eigenvalue weighted by molar-refractivity contribution is 0.0930. The van der Waals surface area contributed by atoms with Gasteiger partial charge < -0.3 is 15.0 Å². The van der Waals surface area contributed by atoms with Crippen LogP contribution in [-0.4, -0.2) is 39.9 Å². The van der Waals surface area contributed by atoms with E-state index >= 15 is 0 Å². The molecular formula is C24H27N5O3. The number of nitrogens with one attached hydrogen (secondary N) is 1. The van der Waals surface area contributed by atoms with E-state index in [4.69, 9.17) is 4.74 Å². The van der Waals surface area contributed by atoms with Crippen molar-refractivity contribution in [3.05, 3.63) is 76.2 Å². The molecule has 2 aromatic carbocycles. The SMILES string of the molecule is CCOc1ccc(N2CCn3c2nnc(C(=O)N[C@H](C)CCc2ccccc2)c3=O)cc1. The van der Waals surface area contributed by atoms with Crippen molar-refractivity contribution in [3.63, 3.8) is 0 Å². The number of carbonyl (C=O) groups excluding carboxylic acids is 1. The lowest BCUT2D eigenvalue weighted by Crippen LogP contribution is -2.39. The van der Waals surface area contributed by atoms with Gasteiger partial charge in [0.2, 0.25) is 11.6 Å². The van der Waals surface area contributed by atoms with Crippen LogP contribution in [0.25, 0.3) is 0 Å². The number of nitrogens with zero attached hydrogens (tertiary/aromatic N) is 4. The first-order chi connectivity index (χ1) is 15.6. The van der Waals surface area contributed by atoms with Crippen LogP contribution in [0.5, 0.6) is 5.75 Å². The summed E-state index contributed by atoms with van der Waals surface area (Å²) in [5, 5.41) is 11.1. The van der Waals surface area contributed by atoms with Crippen molar-refractivity contribution in [2.45, 2.75) is 39.3 Å². The standard InChI is InChI=1S/C24H27N5O3/c1-3-32-20-13-11-19(12-14-20)28-15-16-29-23(31)21(26-27-24(28)29)22(30)25-17(2)9-10-18-7-5-4-6-8-18/h4-8,11-14,17H,3,9-10,15-16H2,1-2H3,(H,25,30)/t17-/m1/s1. The van der Waals surface area contributed by atoms with Crippen molar-refractivity contribution in [3.8, 4) is 5.75 Å². The van der Waals surface area contributed by atoms with E-state index in [1.165, 1.54) is 10.1 Å². The highest BCUT2D eigenvalue weighted by molar-refractivity contribution is 5.92. The highest BCUT2D eigenvalue weighted by atomic mass is 16.5. The topological polar surface area (TPSA) is 89.3 Å². The van der Waals surface area contributed by atoms with Crippen LogP contribution in [0.1, 0.15) is 36.3 Å². The highest BCUT2D eigenvalue weighted by Crippen LogP contribution is 2.28. The number of aryl methyl sites for hydroxylation is 1. The molecule has 0 bridgehead atoms. The van der Waals surface area contributed by atoms with Crippen molar-refractivity contribution < 1.29 is 9.53 Å². The van der Waals surface area contributed by atoms with Crippen molar-refractivity contribution in [2.24, 2.45) is 0 Å². The zero-order valence-electron chi connectivity index (χ0n) is 18.3. The Bertz CT molecular complexity index is 1130. The first-order valence-electron chi connectivity index (χ1n) is 10.9. The first kappa shape index (κ1) is 21.5. The van der Waals surface area contributed by atoms with Crippen molar-refractivity contribution in [1.29, 1.82) is 0 Å². The zero-order chi connectivity index (χ0) is 22.5. The molecule has 1 N–H and O–H groups in total. The molecule has 0 radical (unpaired) electrons. The van der Waals surface area contributed by atoms with Crippen molar-refractivity contribution in [1.82, 2.24) is 20.1 Å². The van der Waals surface area contributed by atoms with Gasteiger partial charge in [0, 0.05) is 24.8 Å². The fourth-order valence-corrected chi connectivity index (χ4v) is 3.78. The van der Waals surface area contributed by atoms with Gasteiger partial charge in [-0.15, -0.1) is 10.2 Å². The maximum atomic E-state index is 12.9. The monoisotopic (exact) mass is 433 g/mol. The predicted molar refractivity (Wildman–Crippen MR) is 123 cm³/mol. The third kappa shape index (κ3) is 4.64. The summed E-state index contributed by atoms with van der Waals surface area (Å²) in [6, 6.07) is 17.6. The summed E-state index contributed by atoms with van der Waals surface area (Å²) in [5.41, 5.74) is 1.51. The van der Waals surface area contributed by atoms with Gasteiger partial charge in [0.25, 0.3) is 11.5 Å². The molecule has 0 spiro atoms. The number of anilines is 2. The molecule has 1 amide bonds. The summed E-state index contributed by atoms with van der Waals surface area (Å²) >= 11 is 0. The van der Waals surface area contributed by atoms with E-state index in [0.29, 0.717) is 25.6 Å². The fourth-order valence-electron chi connectivity index (χ4n) is 3.78. The zero-order valence-corrected chi connectivity index (χ0v) is 18.3. The van der Waals surface area contributed by atoms with E-state index < -0.39 is 11.5 Å². The maximum Gasteiger partial charge on any atom is 0.286 e. The number of fused-ring (bicyclic) bond motifs is 1. The smallest absolute Gasteiger partial charge is 0.286 e. The summed E-state index contributed by atoms with van der Waals surface area (Å²) in [4.78, 5) is 27.5. The summed E-state index contributed by atoms with van der Waals surface area (Å²) in [6.45, 7) is 5.48. The Labute approximate surface area is 186 Å². The van der Waals surface area contributed by atoms with Gasteiger partial charge in [0.05, 0.1) is 6.61 Å². The number of hydrogen-bond donors (Lipinski definition) is 1. The van der Waals surface area contributed by atoms with E-state index in [-0.39, 0.29) is 11.7 Å². The third-order valence-corrected chi connectivity index (χ3v) is 5.48. The Morgan fingerprint density at radius 2 is 1.84 bits per heavy atom. The Balaban J connectivity index is 1.44. The fraction of sp³-hybridized carbons (Fsp3) is 0.333. The molecular weight excluding hydrogens is 406 g/mol. The lowest BCUT2D eigenvalue weighted by atomic mass is 10.1. The molecule has 3 aromatic rings. The second-order valence-corrected chi connectivity index (χ2v) is 7.78. The molecule has 4 rings (SSSR count). The number of aromatic nitrogens is 3. The van der Waals surface area contributed by atoms with Crippen LogP contribution in [0.3, 0.4) is 0 Å². The number of amides is 1. The largest absolute Gasteiger partial charge is 0.494 e. The van der Waals surface area contributed by atoms with Crippen molar-refractivity contribution in [2.75, 3.05) is 18.1 Å². The van der Waals surface area contributed by atoms with Crippen LogP contribution >= 0.6 is 0 Å². The average Bonchev–Trinajstić information content (AvgIpc) is 3.24. The molecule has 0 aliphatic carbocycles. The molecule has 0 saturated heterocycles. The van der Waals surface area contributed by atoms with Crippen molar-refractivity contribution >= 4 is 17.5 Å². The van der Waals surface area contributed by atoms with Gasteiger partial charge in [-0.25, -0.2) is 0 Å².